The SMILES string of the molecule is CCOC(=O)C1=C(Cn2nc(CC)c(CC)c(C#N)c2=O)NC(=O)NC1c1ccco1. The molecule has 3 heterocycles. The van der Waals surface area contributed by atoms with Crippen LogP contribution in [0.4, 0.5) is 4.79 Å². The number of aryl methyl sites for hydroxylation is 1. The van der Waals surface area contributed by atoms with Crippen molar-refractivity contribution in [2.45, 2.75) is 46.2 Å². The van der Waals surface area contributed by atoms with Crippen molar-refractivity contribution in [3.8, 4) is 6.07 Å². The zero-order chi connectivity index (χ0) is 22.5. The number of nitriles is 1. The van der Waals surface area contributed by atoms with E-state index in [0.29, 0.717) is 29.9 Å². The fourth-order valence-electron chi connectivity index (χ4n) is 3.55. The lowest BCUT2D eigenvalue weighted by Gasteiger charge is -2.28. The average molecular weight is 425 g/mol. The molecule has 0 aromatic carbocycles. The first kappa shape index (κ1) is 21.8. The molecule has 10 nitrogen and oxygen atoms in total. The summed E-state index contributed by atoms with van der Waals surface area (Å²) in [6.07, 6.45) is 2.44. The number of aromatic nitrogens is 2. The summed E-state index contributed by atoms with van der Waals surface area (Å²) in [4.78, 5) is 38.0. The zero-order valence-corrected chi connectivity index (χ0v) is 17.5. The molecule has 3 rings (SSSR count). The highest BCUT2D eigenvalue weighted by molar-refractivity contribution is 5.94. The van der Waals surface area contributed by atoms with E-state index in [0.717, 1.165) is 4.68 Å². The lowest BCUT2D eigenvalue weighted by Crippen LogP contribution is -2.47. The molecular formula is C21H23N5O5. The number of urea groups is 1. The summed E-state index contributed by atoms with van der Waals surface area (Å²) < 4.78 is 11.7. The van der Waals surface area contributed by atoms with E-state index in [4.69, 9.17) is 9.15 Å². The Hall–Kier alpha value is -3.87. The van der Waals surface area contributed by atoms with Gasteiger partial charge in [0.05, 0.1) is 36.4 Å². The maximum atomic E-state index is 12.9. The monoisotopic (exact) mass is 425 g/mol. The normalized spacial score (nSPS) is 15.8. The maximum Gasteiger partial charge on any atom is 0.338 e. The third-order valence-corrected chi connectivity index (χ3v) is 4.92. The number of nitrogens with one attached hydrogen (secondary N) is 2. The standard InChI is InChI=1S/C21H23N5O5/c1-4-12-13(10-22)19(27)26(25-14(12)5-2)11-15-17(20(28)30-6-3)18(24-21(29)23-15)16-8-7-9-31-16/h7-9,18H,4-6,11H2,1-3H3,(H2,23,24,29). The van der Waals surface area contributed by atoms with Crippen molar-refractivity contribution in [3.63, 3.8) is 0 Å². The molecule has 1 atom stereocenters. The van der Waals surface area contributed by atoms with Crippen molar-refractivity contribution < 1.29 is 18.7 Å². The molecule has 0 aliphatic carbocycles. The van der Waals surface area contributed by atoms with Crippen molar-refractivity contribution in [3.05, 3.63) is 62.6 Å². The van der Waals surface area contributed by atoms with Gasteiger partial charge in [0.15, 0.2) is 0 Å². The van der Waals surface area contributed by atoms with E-state index in [2.05, 4.69) is 15.7 Å². The smallest absolute Gasteiger partial charge is 0.338 e. The van der Waals surface area contributed by atoms with Crippen LogP contribution >= 0.6 is 0 Å². The molecule has 31 heavy (non-hydrogen) atoms. The molecule has 0 spiro atoms. The Bertz CT molecular complexity index is 1120. The molecule has 0 radical (unpaired) electrons. The second-order valence-corrected chi connectivity index (χ2v) is 6.74. The van der Waals surface area contributed by atoms with Gasteiger partial charge in [-0.25, -0.2) is 14.3 Å². The van der Waals surface area contributed by atoms with Gasteiger partial charge in [0.2, 0.25) is 0 Å². The molecule has 1 unspecified atom stereocenters. The first-order chi connectivity index (χ1) is 14.9. The molecule has 10 heteroatoms. The number of rotatable bonds is 7. The summed E-state index contributed by atoms with van der Waals surface area (Å²) in [6, 6.07) is 3.75. The predicted molar refractivity (Wildman–Crippen MR) is 109 cm³/mol. The molecule has 0 fully saturated rings. The highest BCUT2D eigenvalue weighted by Gasteiger charge is 2.35. The summed E-state index contributed by atoms with van der Waals surface area (Å²) >= 11 is 0. The molecule has 2 amide bonds. The van der Waals surface area contributed by atoms with Gasteiger partial charge in [0, 0.05) is 0 Å². The Kier molecular flexibility index (Phi) is 6.55. The summed E-state index contributed by atoms with van der Waals surface area (Å²) in [6.45, 7) is 5.29. The van der Waals surface area contributed by atoms with E-state index in [1.54, 1.807) is 19.1 Å². The van der Waals surface area contributed by atoms with Crippen molar-refractivity contribution >= 4 is 12.0 Å². The lowest BCUT2D eigenvalue weighted by atomic mass is 10.00. The van der Waals surface area contributed by atoms with Crippen LogP contribution in [0.3, 0.4) is 0 Å². The fourth-order valence-corrected chi connectivity index (χ4v) is 3.55. The molecule has 2 N–H and O–H groups in total. The van der Waals surface area contributed by atoms with E-state index in [-0.39, 0.29) is 30.0 Å². The number of carbonyl (C=O) groups is 2. The van der Waals surface area contributed by atoms with Gasteiger partial charge in [0.25, 0.3) is 5.56 Å². The number of carbonyl (C=O) groups excluding carboxylic acids is 2. The van der Waals surface area contributed by atoms with E-state index in [1.165, 1.54) is 6.26 Å². The molecule has 2 aromatic rings. The second kappa shape index (κ2) is 9.30. The van der Waals surface area contributed by atoms with Crippen molar-refractivity contribution in [2.24, 2.45) is 0 Å². The molecule has 0 saturated heterocycles. The van der Waals surface area contributed by atoms with Crippen LogP contribution in [-0.2, 0) is 28.9 Å². The van der Waals surface area contributed by atoms with Gasteiger partial charge in [-0.3, -0.25) is 4.79 Å². The van der Waals surface area contributed by atoms with Crippen LogP contribution in [0.25, 0.3) is 0 Å². The second-order valence-electron chi connectivity index (χ2n) is 6.74. The van der Waals surface area contributed by atoms with Gasteiger partial charge in [-0.2, -0.15) is 10.4 Å². The number of allylic oxidation sites excluding steroid dienone is 1. The minimum atomic E-state index is -0.899. The van der Waals surface area contributed by atoms with E-state index >= 15 is 0 Å². The van der Waals surface area contributed by atoms with Crippen molar-refractivity contribution in [1.82, 2.24) is 20.4 Å². The van der Waals surface area contributed by atoms with Gasteiger partial charge in [-0.1, -0.05) is 13.8 Å². The number of hydrogen-bond acceptors (Lipinski definition) is 7. The number of furan rings is 1. The Morgan fingerprint density at radius 1 is 1.32 bits per heavy atom. The Balaban J connectivity index is 2.17. The molecule has 0 saturated carbocycles. The Morgan fingerprint density at radius 2 is 2.10 bits per heavy atom. The number of nitrogens with zero attached hydrogens (tertiary/aromatic N) is 3. The first-order valence-corrected chi connectivity index (χ1v) is 9.99. The summed E-state index contributed by atoms with van der Waals surface area (Å²) in [5, 5.41) is 19.1. The van der Waals surface area contributed by atoms with Crippen LogP contribution in [0.5, 0.6) is 0 Å². The summed E-state index contributed by atoms with van der Waals surface area (Å²) in [5.41, 5.74) is 0.883. The number of hydrogen-bond donors (Lipinski definition) is 2. The Labute approximate surface area is 178 Å². The quantitative estimate of drug-likeness (QED) is 0.644. The van der Waals surface area contributed by atoms with Gasteiger partial charge in [-0.15, -0.1) is 0 Å². The zero-order valence-electron chi connectivity index (χ0n) is 17.5. The van der Waals surface area contributed by atoms with Gasteiger partial charge in [0.1, 0.15) is 23.4 Å². The molecule has 0 bridgehead atoms. The van der Waals surface area contributed by atoms with Crippen molar-refractivity contribution in [1.29, 1.82) is 5.26 Å². The fraction of sp³-hybridized carbons (Fsp3) is 0.381. The van der Waals surface area contributed by atoms with Gasteiger partial charge < -0.3 is 19.8 Å². The third kappa shape index (κ3) is 4.21. The molecule has 162 valence electrons. The average Bonchev–Trinajstić information content (AvgIpc) is 3.29. The lowest BCUT2D eigenvalue weighted by molar-refractivity contribution is -0.139. The molecule has 2 aromatic heterocycles. The highest BCUT2D eigenvalue weighted by atomic mass is 16.5. The Morgan fingerprint density at radius 3 is 2.68 bits per heavy atom. The van der Waals surface area contributed by atoms with Gasteiger partial charge in [-0.05, 0) is 37.5 Å². The predicted octanol–water partition coefficient (Wildman–Crippen LogP) is 1.70. The highest BCUT2D eigenvalue weighted by Crippen LogP contribution is 2.28. The minimum absolute atomic E-state index is 0.00970. The van der Waals surface area contributed by atoms with Crippen LogP contribution < -0.4 is 16.2 Å². The van der Waals surface area contributed by atoms with Crippen LogP contribution in [0.2, 0.25) is 0 Å². The maximum absolute atomic E-state index is 12.9. The van der Waals surface area contributed by atoms with E-state index in [1.807, 2.05) is 19.9 Å². The first-order valence-electron chi connectivity index (χ1n) is 9.99. The molecule has 1 aliphatic rings. The summed E-state index contributed by atoms with van der Waals surface area (Å²) in [7, 11) is 0. The van der Waals surface area contributed by atoms with Crippen LogP contribution in [0.15, 0.2) is 38.9 Å². The van der Waals surface area contributed by atoms with Crippen LogP contribution in [0, 0.1) is 11.3 Å². The summed E-state index contributed by atoms with van der Waals surface area (Å²) in [5.74, 6) is -0.329. The largest absolute Gasteiger partial charge is 0.467 e. The number of amides is 2. The minimum Gasteiger partial charge on any atom is -0.467 e. The molecular weight excluding hydrogens is 402 g/mol. The van der Waals surface area contributed by atoms with Crippen LogP contribution in [-0.4, -0.2) is 28.4 Å². The molecule has 1 aliphatic heterocycles. The third-order valence-electron chi connectivity index (χ3n) is 4.92. The van der Waals surface area contributed by atoms with Crippen LogP contribution in [0.1, 0.15) is 49.4 Å². The van der Waals surface area contributed by atoms with Crippen molar-refractivity contribution in [2.75, 3.05) is 6.61 Å². The van der Waals surface area contributed by atoms with Gasteiger partial charge >= 0.3 is 12.0 Å². The topological polar surface area (TPSA) is 139 Å². The number of esters is 1. The number of ether oxygens (including phenoxy) is 1. The van der Waals surface area contributed by atoms with E-state index < -0.39 is 23.6 Å². The van der Waals surface area contributed by atoms with E-state index in [9.17, 15) is 19.6 Å².